The third kappa shape index (κ3) is 3.70. The predicted octanol–water partition coefficient (Wildman–Crippen LogP) is 2.64. The lowest BCUT2D eigenvalue weighted by Gasteiger charge is -2.33. The number of carbonyl (C=O) groups excluding carboxylic acids is 1. The number of aromatic nitrogens is 2. The normalized spacial score (nSPS) is 19.9. The predicted molar refractivity (Wildman–Crippen MR) is 98.6 cm³/mol. The Morgan fingerprint density at radius 2 is 2.16 bits per heavy atom. The number of likely N-dealkylation sites (tertiary alicyclic amines) is 1. The molecule has 4 rings (SSSR count). The van der Waals surface area contributed by atoms with Gasteiger partial charge in [-0.1, -0.05) is 18.2 Å². The number of H-pyrrole nitrogens is 1. The Hall–Kier alpha value is -2.30. The van der Waals surface area contributed by atoms with Crippen molar-refractivity contribution in [3.63, 3.8) is 0 Å². The van der Waals surface area contributed by atoms with E-state index in [0.717, 1.165) is 45.4 Å². The number of nitrogens with zero attached hydrogens (tertiary/aromatic N) is 3. The summed E-state index contributed by atoms with van der Waals surface area (Å²) in [6.07, 6.45) is 6.81. The number of amides is 1. The van der Waals surface area contributed by atoms with Gasteiger partial charge in [0.25, 0.3) is 0 Å². The summed E-state index contributed by atoms with van der Waals surface area (Å²) in [5.41, 5.74) is 3.89. The minimum atomic E-state index is 0.304. The van der Waals surface area contributed by atoms with Crippen molar-refractivity contribution in [1.82, 2.24) is 15.1 Å². The summed E-state index contributed by atoms with van der Waals surface area (Å²) < 4.78 is 0. The van der Waals surface area contributed by atoms with Crippen LogP contribution in [-0.2, 0) is 17.6 Å². The van der Waals surface area contributed by atoms with Crippen LogP contribution in [0.2, 0.25) is 0 Å². The van der Waals surface area contributed by atoms with E-state index in [1.54, 1.807) is 6.20 Å². The monoisotopic (exact) mass is 338 g/mol. The number of nitrogens with one attached hydrogen (secondary N) is 1. The maximum absolute atomic E-state index is 12.7. The number of hydrogen-bond acceptors (Lipinski definition) is 3. The molecule has 2 aliphatic rings. The summed E-state index contributed by atoms with van der Waals surface area (Å²) in [5.74, 6) is 0.851. The molecule has 0 spiro atoms. The number of para-hydroxylation sites is 1. The second kappa shape index (κ2) is 7.30. The van der Waals surface area contributed by atoms with E-state index in [9.17, 15) is 4.79 Å². The summed E-state index contributed by atoms with van der Waals surface area (Å²) in [4.78, 5) is 17.1. The number of rotatable bonds is 5. The first-order valence-corrected chi connectivity index (χ1v) is 9.38. The second-order valence-electron chi connectivity index (χ2n) is 7.25. The number of piperidine rings is 1. The highest BCUT2D eigenvalue weighted by Crippen LogP contribution is 2.27. The zero-order chi connectivity index (χ0) is 17.1. The average molecular weight is 338 g/mol. The minimum Gasteiger partial charge on any atom is -0.370 e. The van der Waals surface area contributed by atoms with Gasteiger partial charge in [0.15, 0.2) is 0 Å². The molecule has 0 bridgehead atoms. The van der Waals surface area contributed by atoms with Crippen LogP contribution in [0.4, 0.5) is 5.69 Å². The molecule has 1 unspecified atom stereocenters. The molecule has 2 aromatic rings. The van der Waals surface area contributed by atoms with Gasteiger partial charge in [0, 0.05) is 50.2 Å². The van der Waals surface area contributed by atoms with Crippen molar-refractivity contribution in [3.05, 3.63) is 47.8 Å². The Bertz CT molecular complexity index is 712. The van der Waals surface area contributed by atoms with E-state index in [1.807, 2.05) is 6.07 Å². The van der Waals surface area contributed by atoms with Crippen LogP contribution >= 0.6 is 0 Å². The fraction of sp³-hybridized carbons (Fsp3) is 0.500. The number of benzene rings is 1. The largest absolute Gasteiger partial charge is 0.370 e. The van der Waals surface area contributed by atoms with Crippen molar-refractivity contribution in [1.29, 1.82) is 0 Å². The molecule has 0 aliphatic carbocycles. The number of carbonyl (C=O) groups is 1. The van der Waals surface area contributed by atoms with Gasteiger partial charge < -0.3 is 9.80 Å². The molecule has 3 heterocycles. The standard InChI is InChI=1S/C20H26N4O/c25-20(9-13-23-12-8-17-5-1-2-6-19(17)23)24-11-3-4-16(15-24)14-18-7-10-21-22-18/h1-2,5-7,10,16H,3-4,8-9,11-15H2,(H,21,22). The zero-order valence-electron chi connectivity index (χ0n) is 14.7. The molecule has 1 amide bonds. The van der Waals surface area contributed by atoms with Crippen molar-refractivity contribution in [2.45, 2.75) is 32.1 Å². The lowest BCUT2D eigenvalue weighted by Crippen LogP contribution is -2.41. The van der Waals surface area contributed by atoms with Crippen LogP contribution in [-0.4, -0.2) is 47.2 Å². The van der Waals surface area contributed by atoms with Crippen LogP contribution in [0.3, 0.4) is 0 Å². The number of hydrogen-bond donors (Lipinski definition) is 1. The van der Waals surface area contributed by atoms with Gasteiger partial charge in [-0.05, 0) is 49.3 Å². The van der Waals surface area contributed by atoms with Gasteiger partial charge in [0.2, 0.25) is 5.91 Å². The second-order valence-corrected chi connectivity index (χ2v) is 7.25. The molecule has 1 atom stereocenters. The maximum atomic E-state index is 12.7. The summed E-state index contributed by atoms with van der Waals surface area (Å²) >= 11 is 0. The van der Waals surface area contributed by atoms with Crippen molar-refractivity contribution in [3.8, 4) is 0 Å². The molecule has 1 fully saturated rings. The highest BCUT2D eigenvalue weighted by molar-refractivity contribution is 5.77. The average Bonchev–Trinajstić information content (AvgIpc) is 3.30. The first-order valence-electron chi connectivity index (χ1n) is 9.38. The molecule has 132 valence electrons. The molecular weight excluding hydrogens is 312 g/mol. The topological polar surface area (TPSA) is 52.2 Å². The van der Waals surface area contributed by atoms with Crippen LogP contribution in [0.1, 0.15) is 30.5 Å². The van der Waals surface area contributed by atoms with Crippen molar-refractivity contribution >= 4 is 11.6 Å². The van der Waals surface area contributed by atoms with Crippen LogP contribution in [0.5, 0.6) is 0 Å². The van der Waals surface area contributed by atoms with Gasteiger partial charge >= 0.3 is 0 Å². The van der Waals surface area contributed by atoms with E-state index in [0.29, 0.717) is 18.2 Å². The van der Waals surface area contributed by atoms with E-state index in [1.165, 1.54) is 23.4 Å². The van der Waals surface area contributed by atoms with Crippen LogP contribution in [0.25, 0.3) is 0 Å². The van der Waals surface area contributed by atoms with E-state index in [2.05, 4.69) is 44.3 Å². The molecule has 0 saturated carbocycles. The van der Waals surface area contributed by atoms with Crippen LogP contribution < -0.4 is 4.90 Å². The number of fused-ring (bicyclic) bond motifs is 1. The third-order valence-electron chi connectivity index (χ3n) is 5.52. The number of anilines is 1. The SMILES string of the molecule is O=C(CCN1CCc2ccccc21)N1CCCC(Cc2ccn[nH]2)C1. The third-order valence-corrected chi connectivity index (χ3v) is 5.52. The van der Waals surface area contributed by atoms with E-state index in [-0.39, 0.29) is 0 Å². The van der Waals surface area contributed by atoms with Gasteiger partial charge in [-0.2, -0.15) is 5.10 Å². The fourth-order valence-corrected chi connectivity index (χ4v) is 4.20. The summed E-state index contributed by atoms with van der Waals surface area (Å²) in [5, 5.41) is 7.06. The Morgan fingerprint density at radius 1 is 1.24 bits per heavy atom. The Morgan fingerprint density at radius 3 is 3.04 bits per heavy atom. The first kappa shape index (κ1) is 16.2. The molecule has 1 aromatic heterocycles. The Kier molecular flexibility index (Phi) is 4.72. The molecule has 5 heteroatoms. The molecule has 1 saturated heterocycles. The van der Waals surface area contributed by atoms with Crippen molar-refractivity contribution < 1.29 is 4.79 Å². The van der Waals surface area contributed by atoms with Gasteiger partial charge in [-0.3, -0.25) is 9.89 Å². The quantitative estimate of drug-likeness (QED) is 0.912. The minimum absolute atomic E-state index is 0.304. The molecule has 1 aromatic carbocycles. The van der Waals surface area contributed by atoms with Gasteiger partial charge in [0.1, 0.15) is 0 Å². The van der Waals surface area contributed by atoms with Crippen LogP contribution in [0.15, 0.2) is 36.5 Å². The zero-order valence-corrected chi connectivity index (χ0v) is 14.7. The smallest absolute Gasteiger partial charge is 0.224 e. The van der Waals surface area contributed by atoms with Gasteiger partial charge in [-0.15, -0.1) is 0 Å². The van der Waals surface area contributed by atoms with E-state index in [4.69, 9.17) is 0 Å². The van der Waals surface area contributed by atoms with E-state index >= 15 is 0 Å². The molecule has 25 heavy (non-hydrogen) atoms. The maximum Gasteiger partial charge on any atom is 0.224 e. The van der Waals surface area contributed by atoms with Crippen molar-refractivity contribution in [2.75, 3.05) is 31.1 Å². The molecule has 2 aliphatic heterocycles. The first-order chi connectivity index (χ1) is 12.3. The lowest BCUT2D eigenvalue weighted by atomic mass is 9.93. The summed E-state index contributed by atoms with van der Waals surface area (Å²) in [7, 11) is 0. The Labute approximate surface area is 149 Å². The van der Waals surface area contributed by atoms with Gasteiger partial charge in [-0.25, -0.2) is 0 Å². The Balaban J connectivity index is 1.29. The van der Waals surface area contributed by atoms with E-state index < -0.39 is 0 Å². The molecule has 1 N–H and O–H groups in total. The summed E-state index contributed by atoms with van der Waals surface area (Å²) in [6.45, 7) is 3.66. The fourth-order valence-electron chi connectivity index (χ4n) is 4.20. The van der Waals surface area contributed by atoms with Crippen molar-refractivity contribution in [2.24, 2.45) is 5.92 Å². The molecule has 5 nitrogen and oxygen atoms in total. The van der Waals surface area contributed by atoms with Gasteiger partial charge in [0.05, 0.1) is 0 Å². The lowest BCUT2D eigenvalue weighted by molar-refractivity contribution is -0.132. The highest BCUT2D eigenvalue weighted by Gasteiger charge is 2.25. The molecule has 0 radical (unpaired) electrons. The van der Waals surface area contributed by atoms with Crippen LogP contribution in [0, 0.1) is 5.92 Å². The molecular formula is C20H26N4O. The summed E-state index contributed by atoms with van der Waals surface area (Å²) in [6, 6.07) is 10.6. The highest BCUT2D eigenvalue weighted by atomic mass is 16.2. The number of aromatic amines is 1.